The van der Waals surface area contributed by atoms with Crippen molar-refractivity contribution in [3.63, 3.8) is 0 Å². The van der Waals surface area contributed by atoms with Gasteiger partial charge in [-0.15, -0.1) is 0 Å². The summed E-state index contributed by atoms with van der Waals surface area (Å²) in [5.74, 6) is -5.14. The third kappa shape index (κ3) is 9.81. The fraction of sp³-hybridized carbons (Fsp3) is 0.462. The zero-order valence-electron chi connectivity index (χ0n) is 21.5. The van der Waals surface area contributed by atoms with Crippen LogP contribution in [0, 0.1) is 12.3 Å². The molecule has 0 unspecified atom stereocenters. The van der Waals surface area contributed by atoms with E-state index in [1.54, 1.807) is 0 Å². The molecule has 1 aromatic carbocycles. The first-order valence-electron chi connectivity index (χ1n) is 12.1. The maximum Gasteiger partial charge on any atom is 0.490 e. The van der Waals surface area contributed by atoms with Gasteiger partial charge in [-0.1, -0.05) is 35.9 Å². The predicted molar refractivity (Wildman–Crippen MR) is 130 cm³/mol. The molecule has 8 nitrogen and oxygen atoms in total. The Hall–Kier alpha value is -3.68. The number of nitrogens with zero attached hydrogens (tertiary/aromatic N) is 3. The molecule has 0 aliphatic carbocycles. The number of aryl methyl sites for hydroxylation is 1. The molecule has 0 radical (unpaired) electrons. The van der Waals surface area contributed by atoms with Crippen LogP contribution < -0.4 is 0 Å². The molecule has 1 spiro atoms. The molecule has 2 saturated heterocycles. The van der Waals surface area contributed by atoms with Crippen LogP contribution in [-0.4, -0.2) is 74.8 Å². The Bertz CT molecular complexity index is 1130. The topological polar surface area (TPSA) is 111 Å². The zero-order valence-corrected chi connectivity index (χ0v) is 21.5. The fourth-order valence-electron chi connectivity index (χ4n) is 4.43. The van der Waals surface area contributed by atoms with Crippen molar-refractivity contribution in [2.24, 2.45) is 5.41 Å². The third-order valence-corrected chi connectivity index (χ3v) is 6.48. The van der Waals surface area contributed by atoms with Crippen LogP contribution in [0.15, 0.2) is 48.8 Å². The molecule has 0 bridgehead atoms. The number of carboxylic acids is 2. The van der Waals surface area contributed by atoms with Crippen LogP contribution in [0.25, 0.3) is 0 Å². The number of amides is 1. The molecular formula is C26H29F6N3O5. The fourth-order valence-corrected chi connectivity index (χ4v) is 4.43. The van der Waals surface area contributed by atoms with E-state index in [0.29, 0.717) is 5.91 Å². The van der Waals surface area contributed by atoms with Crippen LogP contribution in [-0.2, 0) is 27.5 Å². The minimum atomic E-state index is -5.08. The number of hydrogen-bond acceptors (Lipinski definition) is 5. The largest absolute Gasteiger partial charge is 0.490 e. The highest BCUT2D eigenvalue weighted by Gasteiger charge is 2.47. The lowest BCUT2D eigenvalue weighted by Crippen LogP contribution is -2.44. The summed E-state index contributed by atoms with van der Waals surface area (Å²) in [5, 5.41) is 14.2. The number of aliphatic carboxylic acids is 2. The molecule has 40 heavy (non-hydrogen) atoms. The number of likely N-dealkylation sites (tertiary alicyclic amines) is 2. The Morgan fingerprint density at radius 1 is 0.875 bits per heavy atom. The van der Waals surface area contributed by atoms with Gasteiger partial charge in [-0.25, -0.2) is 9.59 Å². The Kier molecular flexibility index (Phi) is 11.1. The number of aromatic nitrogens is 1. The van der Waals surface area contributed by atoms with Crippen molar-refractivity contribution in [1.29, 1.82) is 0 Å². The van der Waals surface area contributed by atoms with Crippen LogP contribution in [0.1, 0.15) is 36.0 Å². The minimum absolute atomic E-state index is 0.116. The van der Waals surface area contributed by atoms with E-state index in [0.717, 1.165) is 52.0 Å². The Morgan fingerprint density at radius 2 is 1.40 bits per heavy atom. The summed E-state index contributed by atoms with van der Waals surface area (Å²) < 4.78 is 63.5. The summed E-state index contributed by atoms with van der Waals surface area (Å²) in [6, 6.07) is 12.6. The average Bonchev–Trinajstić information content (AvgIpc) is 3.15. The van der Waals surface area contributed by atoms with E-state index >= 15 is 0 Å². The van der Waals surface area contributed by atoms with Crippen LogP contribution in [0.3, 0.4) is 0 Å². The summed E-state index contributed by atoms with van der Waals surface area (Å²) in [7, 11) is 0. The number of hydrogen-bond donors (Lipinski definition) is 2. The van der Waals surface area contributed by atoms with Crippen molar-refractivity contribution in [2.75, 3.05) is 19.6 Å². The van der Waals surface area contributed by atoms with Gasteiger partial charge in [0.2, 0.25) is 5.91 Å². The molecule has 2 aliphatic heterocycles. The van der Waals surface area contributed by atoms with E-state index in [2.05, 4.69) is 52.0 Å². The first kappa shape index (κ1) is 32.5. The van der Waals surface area contributed by atoms with E-state index in [1.807, 2.05) is 18.5 Å². The Balaban J connectivity index is 0.000000333. The molecule has 0 saturated carbocycles. The minimum Gasteiger partial charge on any atom is -0.475 e. The molecule has 2 aliphatic rings. The normalized spacial score (nSPS) is 17.0. The van der Waals surface area contributed by atoms with Crippen molar-refractivity contribution in [1.82, 2.24) is 14.8 Å². The number of carboxylic acid groups (broad SMARTS) is 2. The lowest BCUT2D eigenvalue weighted by Gasteiger charge is -2.38. The number of carbonyl (C=O) groups excluding carboxylic acids is 1. The molecule has 2 fully saturated rings. The SMILES string of the molecule is Cc1cccc(CN2CCC3(CCN(Cc4cccnc4)CC3)C2=O)c1.O=C(O)C(F)(F)F.O=C(O)C(F)(F)F. The number of halogens is 6. The summed E-state index contributed by atoms with van der Waals surface area (Å²) in [6.07, 6.45) is -3.44. The number of benzene rings is 1. The molecule has 1 amide bonds. The van der Waals surface area contributed by atoms with Crippen molar-refractivity contribution >= 4 is 17.8 Å². The average molecular weight is 578 g/mol. The van der Waals surface area contributed by atoms with Gasteiger partial charge in [-0.2, -0.15) is 26.3 Å². The second kappa shape index (κ2) is 13.6. The molecule has 2 N–H and O–H groups in total. The molecule has 4 rings (SSSR count). The zero-order chi connectivity index (χ0) is 30.1. The van der Waals surface area contributed by atoms with Gasteiger partial charge in [0, 0.05) is 32.0 Å². The molecular weight excluding hydrogens is 548 g/mol. The second-order valence-electron chi connectivity index (χ2n) is 9.49. The third-order valence-electron chi connectivity index (χ3n) is 6.48. The van der Waals surface area contributed by atoms with E-state index in [1.165, 1.54) is 16.7 Å². The first-order valence-corrected chi connectivity index (χ1v) is 12.1. The van der Waals surface area contributed by atoms with Crippen molar-refractivity contribution in [3.05, 3.63) is 65.5 Å². The van der Waals surface area contributed by atoms with Crippen molar-refractivity contribution in [3.8, 4) is 0 Å². The summed E-state index contributed by atoms with van der Waals surface area (Å²) in [6.45, 7) is 6.69. The van der Waals surface area contributed by atoms with Crippen LogP contribution in [0.2, 0.25) is 0 Å². The van der Waals surface area contributed by atoms with Gasteiger partial charge >= 0.3 is 24.3 Å². The van der Waals surface area contributed by atoms with E-state index in [9.17, 15) is 31.1 Å². The van der Waals surface area contributed by atoms with Gasteiger partial charge in [-0.05, 0) is 56.5 Å². The highest BCUT2D eigenvalue weighted by molar-refractivity contribution is 5.85. The van der Waals surface area contributed by atoms with Crippen LogP contribution in [0.4, 0.5) is 26.3 Å². The number of piperidine rings is 1. The van der Waals surface area contributed by atoms with Crippen molar-refractivity contribution in [2.45, 2.75) is 51.6 Å². The quantitative estimate of drug-likeness (QED) is 0.508. The lowest BCUT2D eigenvalue weighted by molar-refractivity contribution is -0.193. The Labute approximate surface area is 226 Å². The monoisotopic (exact) mass is 577 g/mol. The molecule has 1 aromatic heterocycles. The van der Waals surface area contributed by atoms with Gasteiger partial charge in [0.15, 0.2) is 0 Å². The van der Waals surface area contributed by atoms with Gasteiger partial charge < -0.3 is 15.1 Å². The van der Waals surface area contributed by atoms with E-state index in [4.69, 9.17) is 19.8 Å². The molecule has 2 aromatic rings. The number of rotatable bonds is 4. The molecule has 3 heterocycles. The maximum absolute atomic E-state index is 13.1. The molecule has 0 atom stereocenters. The Morgan fingerprint density at radius 3 is 1.88 bits per heavy atom. The first-order chi connectivity index (χ1) is 18.5. The molecule has 14 heteroatoms. The maximum atomic E-state index is 13.1. The predicted octanol–water partition coefficient (Wildman–Crippen LogP) is 4.67. The highest BCUT2D eigenvalue weighted by atomic mass is 19.4. The van der Waals surface area contributed by atoms with Crippen LogP contribution in [0.5, 0.6) is 0 Å². The number of alkyl halides is 6. The van der Waals surface area contributed by atoms with Crippen molar-refractivity contribution < 1.29 is 50.9 Å². The van der Waals surface area contributed by atoms with Gasteiger partial charge in [-0.3, -0.25) is 14.7 Å². The second-order valence-corrected chi connectivity index (χ2v) is 9.49. The lowest BCUT2D eigenvalue weighted by atomic mass is 9.77. The summed E-state index contributed by atoms with van der Waals surface area (Å²) >= 11 is 0. The number of pyridine rings is 1. The van der Waals surface area contributed by atoms with E-state index in [-0.39, 0.29) is 5.41 Å². The number of carbonyl (C=O) groups is 3. The van der Waals surface area contributed by atoms with Gasteiger partial charge in [0.1, 0.15) is 0 Å². The smallest absolute Gasteiger partial charge is 0.475 e. The van der Waals surface area contributed by atoms with Gasteiger partial charge in [0.25, 0.3) is 0 Å². The summed E-state index contributed by atoms with van der Waals surface area (Å²) in [5.41, 5.74) is 3.63. The van der Waals surface area contributed by atoms with Gasteiger partial charge in [0.05, 0.1) is 5.41 Å². The van der Waals surface area contributed by atoms with Crippen LogP contribution >= 0.6 is 0 Å². The van der Waals surface area contributed by atoms with E-state index < -0.39 is 24.3 Å². The molecule has 220 valence electrons. The standard InChI is InChI=1S/C22H27N3O.2C2HF3O2/c1-18-4-2-5-19(14-18)17-25-13-9-22(21(25)26)7-11-24(12-8-22)16-20-6-3-10-23-15-20;2*3-2(4,5)1(6)7/h2-6,10,14-15H,7-9,11-13,16-17H2,1H3;2*(H,6,7). The summed E-state index contributed by atoms with van der Waals surface area (Å²) in [4.78, 5) is 39.7. The highest BCUT2D eigenvalue weighted by Crippen LogP contribution is 2.42.